The molecule has 0 radical (unpaired) electrons. The largest absolute Gasteiger partial charge is 0.412 e. The van der Waals surface area contributed by atoms with Crippen LogP contribution in [0.3, 0.4) is 0 Å². The second kappa shape index (κ2) is 4.83. The third kappa shape index (κ3) is 2.76. The minimum Gasteiger partial charge on any atom is -0.412 e. The first kappa shape index (κ1) is 11.9. The number of hydrogen-bond acceptors (Lipinski definition) is 1. The van der Waals surface area contributed by atoms with E-state index in [2.05, 4.69) is 6.92 Å². The Bertz CT molecular complexity index is 119. The van der Waals surface area contributed by atoms with Gasteiger partial charge in [0.15, 0.2) is 0 Å². The molecule has 0 aromatic carbocycles. The van der Waals surface area contributed by atoms with E-state index in [1.54, 1.807) is 0 Å². The lowest BCUT2D eigenvalue weighted by atomic mass is 9.74. The molecule has 0 heterocycles. The molecule has 0 aliphatic heterocycles. The smallest absolute Gasteiger partial charge is 0.0647 e. The highest BCUT2D eigenvalue weighted by Gasteiger charge is 2.33. The highest BCUT2D eigenvalue weighted by atomic mass is 16.3. The van der Waals surface area contributed by atoms with Gasteiger partial charge in [-0.3, -0.25) is 0 Å². The van der Waals surface area contributed by atoms with Gasteiger partial charge in [-0.1, -0.05) is 26.2 Å². The second-order valence-electron chi connectivity index (χ2n) is 4.09. The fraction of sp³-hybridized carbons (Fsp3) is 1.00. The third-order valence-corrected chi connectivity index (χ3v) is 3.00. The summed E-state index contributed by atoms with van der Waals surface area (Å²) in [6.45, 7) is 4.21. The first-order valence-electron chi connectivity index (χ1n) is 4.89. The van der Waals surface area contributed by atoms with Crippen molar-refractivity contribution in [3.63, 3.8) is 0 Å². The van der Waals surface area contributed by atoms with E-state index in [0.717, 1.165) is 6.42 Å². The first-order chi connectivity index (χ1) is 5.17. The molecular formula is C10H22O2. The average molecular weight is 174 g/mol. The Morgan fingerprint density at radius 1 is 1.42 bits per heavy atom. The molecule has 1 fully saturated rings. The molecule has 2 unspecified atom stereocenters. The summed E-state index contributed by atoms with van der Waals surface area (Å²) in [5.74, 6) is 0.571. The van der Waals surface area contributed by atoms with Gasteiger partial charge in [0.2, 0.25) is 0 Å². The summed E-state index contributed by atoms with van der Waals surface area (Å²) in [5.41, 5.74) is -0.353. The Morgan fingerprint density at radius 3 is 2.58 bits per heavy atom. The van der Waals surface area contributed by atoms with Gasteiger partial charge in [-0.2, -0.15) is 0 Å². The van der Waals surface area contributed by atoms with Gasteiger partial charge in [0.25, 0.3) is 0 Å². The maximum atomic E-state index is 9.97. The molecule has 3 N–H and O–H groups in total. The molecule has 1 rings (SSSR count). The van der Waals surface area contributed by atoms with E-state index in [9.17, 15) is 5.11 Å². The zero-order valence-corrected chi connectivity index (χ0v) is 8.27. The van der Waals surface area contributed by atoms with Crippen LogP contribution in [0.15, 0.2) is 0 Å². The zero-order chi connectivity index (χ0) is 8.32. The van der Waals surface area contributed by atoms with Crippen molar-refractivity contribution < 1.29 is 10.6 Å². The summed E-state index contributed by atoms with van der Waals surface area (Å²) in [6, 6.07) is 0. The SMILES string of the molecule is CCCC1CCCCC1(C)O.O. The Balaban J connectivity index is 0.00000121. The summed E-state index contributed by atoms with van der Waals surface area (Å²) in [7, 11) is 0. The second-order valence-corrected chi connectivity index (χ2v) is 4.09. The molecule has 12 heavy (non-hydrogen) atoms. The summed E-state index contributed by atoms with van der Waals surface area (Å²) in [5, 5.41) is 9.97. The molecule has 0 aromatic rings. The molecule has 0 amide bonds. The summed E-state index contributed by atoms with van der Waals surface area (Å²) in [6.07, 6.45) is 7.19. The lowest BCUT2D eigenvalue weighted by Crippen LogP contribution is -2.37. The third-order valence-electron chi connectivity index (χ3n) is 3.00. The first-order valence-corrected chi connectivity index (χ1v) is 4.89. The Morgan fingerprint density at radius 2 is 2.08 bits per heavy atom. The average Bonchev–Trinajstić information content (AvgIpc) is 1.94. The van der Waals surface area contributed by atoms with Gasteiger partial charge in [0.1, 0.15) is 0 Å². The Kier molecular flexibility index (Phi) is 4.80. The van der Waals surface area contributed by atoms with Crippen LogP contribution in [0.25, 0.3) is 0 Å². The predicted molar refractivity (Wildman–Crippen MR) is 51.1 cm³/mol. The fourth-order valence-electron chi connectivity index (χ4n) is 2.19. The monoisotopic (exact) mass is 174 g/mol. The molecule has 0 saturated heterocycles. The molecule has 1 aliphatic rings. The molecule has 2 heteroatoms. The Labute approximate surface area is 75.3 Å². The van der Waals surface area contributed by atoms with Crippen molar-refractivity contribution in [1.29, 1.82) is 0 Å². The zero-order valence-electron chi connectivity index (χ0n) is 8.27. The van der Waals surface area contributed by atoms with Crippen molar-refractivity contribution in [2.75, 3.05) is 0 Å². The van der Waals surface area contributed by atoms with Crippen molar-refractivity contribution in [2.45, 2.75) is 58.0 Å². The number of rotatable bonds is 2. The van der Waals surface area contributed by atoms with Crippen LogP contribution < -0.4 is 0 Å². The highest BCUT2D eigenvalue weighted by molar-refractivity contribution is 4.85. The summed E-state index contributed by atoms with van der Waals surface area (Å²) < 4.78 is 0. The predicted octanol–water partition coefficient (Wildman–Crippen LogP) is 1.90. The van der Waals surface area contributed by atoms with Crippen LogP contribution in [-0.2, 0) is 0 Å². The van der Waals surface area contributed by atoms with E-state index in [1.165, 1.54) is 32.1 Å². The Hall–Kier alpha value is -0.0800. The van der Waals surface area contributed by atoms with Gasteiger partial charge in [-0.05, 0) is 32.1 Å². The maximum absolute atomic E-state index is 9.97. The van der Waals surface area contributed by atoms with E-state index < -0.39 is 0 Å². The molecular weight excluding hydrogens is 152 g/mol. The molecule has 1 aliphatic carbocycles. The van der Waals surface area contributed by atoms with E-state index in [0.29, 0.717) is 5.92 Å². The molecule has 0 bridgehead atoms. The van der Waals surface area contributed by atoms with E-state index in [1.807, 2.05) is 6.92 Å². The van der Waals surface area contributed by atoms with Crippen LogP contribution >= 0.6 is 0 Å². The molecule has 0 aromatic heterocycles. The summed E-state index contributed by atoms with van der Waals surface area (Å²) >= 11 is 0. The normalized spacial score (nSPS) is 35.8. The van der Waals surface area contributed by atoms with E-state index in [-0.39, 0.29) is 11.1 Å². The van der Waals surface area contributed by atoms with Crippen molar-refractivity contribution >= 4 is 0 Å². The van der Waals surface area contributed by atoms with E-state index in [4.69, 9.17) is 0 Å². The van der Waals surface area contributed by atoms with Crippen LogP contribution in [0.5, 0.6) is 0 Å². The maximum Gasteiger partial charge on any atom is 0.0647 e. The minimum absolute atomic E-state index is 0. The van der Waals surface area contributed by atoms with Crippen LogP contribution in [0.1, 0.15) is 52.4 Å². The van der Waals surface area contributed by atoms with Gasteiger partial charge < -0.3 is 10.6 Å². The molecule has 74 valence electrons. The van der Waals surface area contributed by atoms with Crippen molar-refractivity contribution in [3.05, 3.63) is 0 Å². The van der Waals surface area contributed by atoms with Gasteiger partial charge in [-0.25, -0.2) is 0 Å². The van der Waals surface area contributed by atoms with Crippen LogP contribution in [0.2, 0.25) is 0 Å². The van der Waals surface area contributed by atoms with Gasteiger partial charge in [0, 0.05) is 0 Å². The minimum atomic E-state index is -0.353. The highest BCUT2D eigenvalue weighted by Crippen LogP contribution is 2.35. The van der Waals surface area contributed by atoms with Gasteiger partial charge in [-0.15, -0.1) is 0 Å². The van der Waals surface area contributed by atoms with Crippen molar-refractivity contribution in [3.8, 4) is 0 Å². The topological polar surface area (TPSA) is 51.7 Å². The molecule has 2 nitrogen and oxygen atoms in total. The summed E-state index contributed by atoms with van der Waals surface area (Å²) in [4.78, 5) is 0. The van der Waals surface area contributed by atoms with Crippen molar-refractivity contribution in [1.82, 2.24) is 0 Å². The van der Waals surface area contributed by atoms with E-state index >= 15 is 0 Å². The lowest BCUT2D eigenvalue weighted by Gasteiger charge is -2.37. The molecule has 1 saturated carbocycles. The van der Waals surface area contributed by atoms with Gasteiger partial charge in [0.05, 0.1) is 5.60 Å². The molecule has 0 spiro atoms. The lowest BCUT2D eigenvalue weighted by molar-refractivity contribution is -0.0351. The number of aliphatic hydroxyl groups is 1. The number of hydrogen-bond donors (Lipinski definition) is 1. The van der Waals surface area contributed by atoms with Crippen LogP contribution in [0, 0.1) is 5.92 Å². The van der Waals surface area contributed by atoms with Crippen LogP contribution in [0.4, 0.5) is 0 Å². The molecule has 2 atom stereocenters. The van der Waals surface area contributed by atoms with Crippen LogP contribution in [-0.4, -0.2) is 16.2 Å². The standard InChI is InChI=1S/C10H20O.H2O/c1-3-6-9-7-4-5-8-10(9,2)11;/h9,11H,3-8H2,1-2H3;1H2. The fourth-order valence-corrected chi connectivity index (χ4v) is 2.19. The van der Waals surface area contributed by atoms with Crippen molar-refractivity contribution in [2.24, 2.45) is 5.92 Å². The quantitative estimate of drug-likeness (QED) is 0.683. The van der Waals surface area contributed by atoms with Gasteiger partial charge >= 0.3 is 0 Å².